The lowest BCUT2D eigenvalue weighted by atomic mass is 10.2. The third-order valence-electron chi connectivity index (χ3n) is 2.85. The molecule has 0 amide bonds. The highest BCUT2D eigenvalue weighted by molar-refractivity contribution is 6.74. The number of hydrogen-bond donors (Lipinski definition) is 0. The minimum atomic E-state index is -1.58. The molecule has 84 valence electrons. The van der Waals surface area contributed by atoms with Gasteiger partial charge in [0.05, 0.1) is 6.10 Å². The van der Waals surface area contributed by atoms with Gasteiger partial charge < -0.3 is 4.43 Å². The van der Waals surface area contributed by atoms with Gasteiger partial charge in [-0.25, -0.2) is 0 Å². The van der Waals surface area contributed by atoms with Crippen LogP contribution < -0.4 is 0 Å². The van der Waals surface area contributed by atoms with Gasteiger partial charge in [-0.1, -0.05) is 32.4 Å². The Balaban J connectivity index is 4.45. The molecule has 0 saturated heterocycles. The smallest absolute Gasteiger partial charge is 0.192 e. The van der Waals surface area contributed by atoms with E-state index in [1.54, 1.807) is 0 Å². The summed E-state index contributed by atoms with van der Waals surface area (Å²) in [4.78, 5) is 0. The topological polar surface area (TPSA) is 9.23 Å². The van der Waals surface area contributed by atoms with E-state index in [2.05, 4.69) is 60.7 Å². The predicted octanol–water partition coefficient (Wildman–Crippen LogP) is 4.36. The monoisotopic (exact) mass is 214 g/mol. The summed E-state index contributed by atoms with van der Waals surface area (Å²) >= 11 is 0. The van der Waals surface area contributed by atoms with Gasteiger partial charge in [-0.15, -0.1) is 0 Å². The van der Waals surface area contributed by atoms with E-state index < -0.39 is 8.32 Å². The van der Waals surface area contributed by atoms with Crippen LogP contribution in [0.2, 0.25) is 18.1 Å². The molecule has 0 rings (SSSR count). The van der Waals surface area contributed by atoms with Gasteiger partial charge in [0.25, 0.3) is 0 Å². The summed E-state index contributed by atoms with van der Waals surface area (Å²) in [7, 11) is -1.58. The molecular weight excluding hydrogens is 188 g/mol. The summed E-state index contributed by atoms with van der Waals surface area (Å²) < 4.78 is 6.18. The molecule has 0 aliphatic carbocycles. The van der Waals surface area contributed by atoms with E-state index in [0.29, 0.717) is 5.04 Å². The van der Waals surface area contributed by atoms with Crippen LogP contribution in [0.1, 0.15) is 41.5 Å². The first kappa shape index (κ1) is 13.9. The third kappa shape index (κ3) is 4.42. The number of rotatable bonds is 3. The van der Waals surface area contributed by atoms with Crippen molar-refractivity contribution in [2.75, 3.05) is 0 Å². The minimum Gasteiger partial charge on any atom is -0.411 e. The lowest BCUT2D eigenvalue weighted by Gasteiger charge is -2.38. The molecule has 0 unspecified atom stereocenters. The normalized spacial score (nSPS) is 15.1. The highest BCUT2D eigenvalue weighted by Crippen LogP contribution is 2.37. The average Bonchev–Trinajstić information content (AvgIpc) is 1.79. The highest BCUT2D eigenvalue weighted by atomic mass is 28.4. The van der Waals surface area contributed by atoms with Gasteiger partial charge in [0.15, 0.2) is 8.32 Å². The Bertz CT molecular complexity index is 207. The molecule has 0 aliphatic rings. The Morgan fingerprint density at radius 1 is 1.21 bits per heavy atom. The summed E-state index contributed by atoms with van der Waals surface area (Å²) in [6, 6.07) is 0. The zero-order valence-corrected chi connectivity index (χ0v) is 12.1. The van der Waals surface area contributed by atoms with E-state index in [1.807, 2.05) is 0 Å². The third-order valence-corrected chi connectivity index (χ3v) is 7.43. The fourth-order valence-corrected chi connectivity index (χ4v) is 2.50. The molecule has 14 heavy (non-hydrogen) atoms. The van der Waals surface area contributed by atoms with E-state index in [0.717, 1.165) is 0 Å². The number of hydrogen-bond acceptors (Lipinski definition) is 1. The van der Waals surface area contributed by atoms with E-state index >= 15 is 0 Å². The van der Waals surface area contributed by atoms with Crippen molar-refractivity contribution >= 4 is 8.32 Å². The molecule has 0 N–H and O–H groups in total. The first-order valence-electron chi connectivity index (χ1n) is 5.39. The Labute approximate surface area is 90.7 Å². The molecule has 0 aliphatic heterocycles. The fraction of sp³-hybridized carbons (Fsp3) is 0.833. The summed E-state index contributed by atoms with van der Waals surface area (Å²) in [5.41, 5.74) is 1.33. The highest BCUT2D eigenvalue weighted by Gasteiger charge is 2.37. The van der Waals surface area contributed by atoms with Gasteiger partial charge in [0.1, 0.15) is 0 Å². The molecule has 0 aromatic carbocycles. The van der Waals surface area contributed by atoms with Crippen molar-refractivity contribution in [2.24, 2.45) is 0 Å². The maximum Gasteiger partial charge on any atom is 0.192 e. The Hall–Kier alpha value is -0.0831. The molecule has 0 saturated carbocycles. The molecule has 0 aromatic rings. The molecule has 0 bridgehead atoms. The van der Waals surface area contributed by atoms with Crippen LogP contribution in [-0.2, 0) is 4.43 Å². The number of allylic oxidation sites excluding steroid dienone is 1. The van der Waals surface area contributed by atoms with E-state index in [9.17, 15) is 0 Å². The predicted molar refractivity (Wildman–Crippen MR) is 67.2 cm³/mol. The van der Waals surface area contributed by atoms with E-state index in [4.69, 9.17) is 4.43 Å². The van der Waals surface area contributed by atoms with Crippen LogP contribution in [0.15, 0.2) is 11.6 Å². The zero-order chi connectivity index (χ0) is 11.6. The summed E-state index contributed by atoms with van der Waals surface area (Å²) in [6.07, 6.45) is 2.45. The van der Waals surface area contributed by atoms with Crippen LogP contribution in [0.5, 0.6) is 0 Å². The Morgan fingerprint density at radius 2 is 1.64 bits per heavy atom. The lowest BCUT2D eigenvalue weighted by Crippen LogP contribution is -2.42. The average molecular weight is 214 g/mol. The molecule has 1 atom stereocenters. The minimum absolute atomic E-state index is 0.251. The quantitative estimate of drug-likeness (QED) is 0.501. The van der Waals surface area contributed by atoms with E-state index in [-0.39, 0.29) is 6.10 Å². The van der Waals surface area contributed by atoms with Gasteiger partial charge in [0.2, 0.25) is 0 Å². The second kappa shape index (κ2) is 4.62. The summed E-state index contributed by atoms with van der Waals surface area (Å²) in [5, 5.41) is 0.302. The first-order chi connectivity index (χ1) is 6.06. The van der Waals surface area contributed by atoms with Crippen LogP contribution in [-0.4, -0.2) is 14.4 Å². The standard InChI is InChI=1S/C12H26OSi/c1-10(2)9-11(3)13-14(7,8)12(4,5)6/h9,11H,1-8H3/t11-/m0/s1. The van der Waals surface area contributed by atoms with Crippen molar-refractivity contribution in [3.63, 3.8) is 0 Å². The van der Waals surface area contributed by atoms with Gasteiger partial charge in [-0.3, -0.25) is 0 Å². The molecule has 0 fully saturated rings. The maximum absolute atomic E-state index is 6.18. The summed E-state index contributed by atoms with van der Waals surface area (Å²) in [6.45, 7) is 17.8. The summed E-state index contributed by atoms with van der Waals surface area (Å²) in [5.74, 6) is 0. The van der Waals surface area contributed by atoms with Crippen molar-refractivity contribution in [3.05, 3.63) is 11.6 Å². The molecule has 0 spiro atoms. The Morgan fingerprint density at radius 3 is 1.93 bits per heavy atom. The van der Waals surface area contributed by atoms with Crippen molar-refractivity contribution in [1.82, 2.24) is 0 Å². The van der Waals surface area contributed by atoms with Crippen LogP contribution in [0.3, 0.4) is 0 Å². The largest absolute Gasteiger partial charge is 0.411 e. The van der Waals surface area contributed by atoms with Crippen molar-refractivity contribution in [1.29, 1.82) is 0 Å². The fourth-order valence-electron chi connectivity index (χ4n) is 1.14. The molecule has 1 nitrogen and oxygen atoms in total. The molecule has 0 radical (unpaired) electrons. The molecule has 2 heteroatoms. The van der Waals surface area contributed by atoms with Crippen molar-refractivity contribution in [2.45, 2.75) is 65.8 Å². The van der Waals surface area contributed by atoms with E-state index in [1.165, 1.54) is 5.57 Å². The van der Waals surface area contributed by atoms with Gasteiger partial charge in [0, 0.05) is 0 Å². The molecular formula is C12H26OSi. The Kier molecular flexibility index (Phi) is 4.60. The molecule has 0 aromatic heterocycles. The van der Waals surface area contributed by atoms with Gasteiger partial charge in [-0.2, -0.15) is 0 Å². The van der Waals surface area contributed by atoms with Gasteiger partial charge in [-0.05, 0) is 38.9 Å². The second-order valence-electron chi connectivity index (χ2n) is 5.83. The zero-order valence-electron chi connectivity index (χ0n) is 11.1. The lowest BCUT2D eigenvalue weighted by molar-refractivity contribution is 0.242. The van der Waals surface area contributed by atoms with Crippen LogP contribution in [0.4, 0.5) is 0 Å². The molecule has 0 heterocycles. The first-order valence-corrected chi connectivity index (χ1v) is 8.30. The van der Waals surface area contributed by atoms with Crippen LogP contribution >= 0.6 is 0 Å². The van der Waals surface area contributed by atoms with Crippen molar-refractivity contribution in [3.8, 4) is 0 Å². The second-order valence-corrected chi connectivity index (χ2v) is 10.6. The maximum atomic E-state index is 6.18. The van der Waals surface area contributed by atoms with Crippen LogP contribution in [0, 0.1) is 0 Å². The van der Waals surface area contributed by atoms with Crippen LogP contribution in [0.25, 0.3) is 0 Å². The van der Waals surface area contributed by atoms with Crippen molar-refractivity contribution < 1.29 is 4.43 Å². The van der Waals surface area contributed by atoms with Gasteiger partial charge >= 0.3 is 0 Å². The SMILES string of the molecule is CC(C)=C[C@H](C)O[Si](C)(C)C(C)(C)C.